The molecule has 0 aliphatic heterocycles. The number of nitrogens with two attached hydrogens (primary N) is 1. The van der Waals surface area contributed by atoms with Crippen LogP contribution in [0.3, 0.4) is 0 Å². The van der Waals surface area contributed by atoms with Crippen LogP contribution in [0, 0.1) is 5.82 Å². The van der Waals surface area contributed by atoms with E-state index >= 15 is 0 Å². The van der Waals surface area contributed by atoms with Gasteiger partial charge in [0.05, 0.1) is 0 Å². The summed E-state index contributed by atoms with van der Waals surface area (Å²) in [7, 11) is -0.227. The molecular weight excluding hydrogens is 269 g/mol. The molecule has 0 amide bonds. The molecule has 0 atom stereocenters. The first-order valence-electron chi connectivity index (χ1n) is 5.78. The molecule has 0 aliphatic rings. The number of nitrogen functional groups attached to an aromatic ring is 1. The predicted molar refractivity (Wildman–Crippen MR) is 73.8 cm³/mol. The highest BCUT2D eigenvalue weighted by Gasteiger charge is 2.25. The molecule has 0 aromatic heterocycles. The van der Waals surface area contributed by atoms with Gasteiger partial charge in [-0.25, -0.2) is 17.5 Å². The highest BCUT2D eigenvalue weighted by molar-refractivity contribution is 7.89. The Balaban J connectivity index is 2.97. The summed E-state index contributed by atoms with van der Waals surface area (Å²) in [6, 6.07) is 3.47. The topological polar surface area (TPSA) is 75.4 Å². The minimum absolute atomic E-state index is 0.163. The molecule has 0 heterocycles. The lowest BCUT2D eigenvalue weighted by atomic mass is 10.1. The van der Waals surface area contributed by atoms with E-state index in [1.54, 1.807) is 0 Å². The standard InChI is InChI=1S/C12H20FN3O2S/c1-12(2,16(3)4)8-15-19(17,18)11-7-9(14)5-6-10(11)13/h5-7,15H,8,14H2,1-4H3. The van der Waals surface area contributed by atoms with Gasteiger partial charge in [0.1, 0.15) is 10.7 Å². The maximum absolute atomic E-state index is 13.6. The third-order valence-corrected chi connectivity index (χ3v) is 4.57. The smallest absolute Gasteiger partial charge is 0.243 e. The van der Waals surface area contributed by atoms with Crippen molar-refractivity contribution >= 4 is 15.7 Å². The molecular formula is C12H20FN3O2S. The van der Waals surface area contributed by atoms with Gasteiger partial charge in [0, 0.05) is 17.8 Å². The molecule has 7 heteroatoms. The van der Waals surface area contributed by atoms with Crippen LogP contribution < -0.4 is 10.5 Å². The molecule has 0 saturated heterocycles. The monoisotopic (exact) mass is 289 g/mol. The zero-order chi connectivity index (χ0) is 14.8. The van der Waals surface area contributed by atoms with Gasteiger partial charge in [-0.3, -0.25) is 0 Å². The third kappa shape index (κ3) is 3.89. The van der Waals surface area contributed by atoms with Crippen LogP contribution in [0.5, 0.6) is 0 Å². The lowest BCUT2D eigenvalue weighted by Gasteiger charge is -2.32. The Morgan fingerprint density at radius 3 is 2.47 bits per heavy atom. The number of nitrogens with one attached hydrogen (secondary N) is 1. The predicted octanol–water partition coefficient (Wildman–Crippen LogP) is 1.03. The molecule has 1 rings (SSSR count). The second-order valence-electron chi connectivity index (χ2n) is 5.22. The first-order chi connectivity index (χ1) is 8.56. The van der Waals surface area contributed by atoms with Crippen LogP contribution in [0.15, 0.2) is 23.1 Å². The Labute approximate surface area is 113 Å². The van der Waals surface area contributed by atoms with Gasteiger partial charge in [-0.05, 0) is 46.1 Å². The van der Waals surface area contributed by atoms with Crippen LogP contribution in [-0.2, 0) is 10.0 Å². The van der Waals surface area contributed by atoms with Crippen LogP contribution in [0.1, 0.15) is 13.8 Å². The van der Waals surface area contributed by atoms with E-state index < -0.39 is 20.7 Å². The second-order valence-corrected chi connectivity index (χ2v) is 6.96. The maximum atomic E-state index is 13.6. The molecule has 108 valence electrons. The van der Waals surface area contributed by atoms with E-state index in [0.29, 0.717) is 0 Å². The number of hydrogen-bond donors (Lipinski definition) is 2. The van der Waals surface area contributed by atoms with E-state index in [1.165, 1.54) is 6.07 Å². The fourth-order valence-corrected chi connectivity index (χ4v) is 2.55. The molecule has 1 aromatic carbocycles. The van der Waals surface area contributed by atoms with Crippen molar-refractivity contribution in [2.75, 3.05) is 26.4 Å². The Morgan fingerprint density at radius 1 is 1.37 bits per heavy atom. The van der Waals surface area contributed by atoms with Crippen LogP contribution in [0.4, 0.5) is 10.1 Å². The second kappa shape index (κ2) is 5.44. The molecule has 3 N–H and O–H groups in total. The van der Waals surface area contributed by atoms with Crippen molar-refractivity contribution in [1.82, 2.24) is 9.62 Å². The number of benzene rings is 1. The lowest BCUT2D eigenvalue weighted by molar-refractivity contribution is 0.199. The number of halogens is 1. The van der Waals surface area contributed by atoms with Gasteiger partial charge in [-0.1, -0.05) is 0 Å². The molecule has 0 unspecified atom stereocenters. The van der Waals surface area contributed by atoms with Crippen molar-refractivity contribution in [3.63, 3.8) is 0 Å². The molecule has 0 saturated carbocycles. The van der Waals surface area contributed by atoms with Crippen LogP contribution in [0.2, 0.25) is 0 Å². The summed E-state index contributed by atoms with van der Waals surface area (Å²) < 4.78 is 40.1. The Morgan fingerprint density at radius 2 is 1.95 bits per heavy atom. The fraction of sp³-hybridized carbons (Fsp3) is 0.500. The van der Waals surface area contributed by atoms with Crippen molar-refractivity contribution in [1.29, 1.82) is 0 Å². The van der Waals surface area contributed by atoms with Gasteiger partial charge in [-0.2, -0.15) is 0 Å². The van der Waals surface area contributed by atoms with E-state index in [-0.39, 0.29) is 17.8 Å². The van der Waals surface area contributed by atoms with Crippen molar-refractivity contribution in [2.45, 2.75) is 24.3 Å². The van der Waals surface area contributed by atoms with Gasteiger partial charge >= 0.3 is 0 Å². The maximum Gasteiger partial charge on any atom is 0.243 e. The number of hydrogen-bond acceptors (Lipinski definition) is 4. The molecule has 0 bridgehead atoms. The van der Waals surface area contributed by atoms with Crippen LogP contribution >= 0.6 is 0 Å². The molecule has 1 aromatic rings. The number of sulfonamides is 1. The highest BCUT2D eigenvalue weighted by atomic mass is 32.2. The van der Waals surface area contributed by atoms with Gasteiger partial charge in [0.25, 0.3) is 0 Å². The molecule has 5 nitrogen and oxygen atoms in total. The highest BCUT2D eigenvalue weighted by Crippen LogP contribution is 2.18. The number of nitrogens with zero attached hydrogens (tertiary/aromatic N) is 1. The quantitative estimate of drug-likeness (QED) is 0.794. The number of rotatable bonds is 5. The summed E-state index contributed by atoms with van der Waals surface area (Å²) in [5.74, 6) is -0.815. The van der Waals surface area contributed by atoms with E-state index in [2.05, 4.69) is 4.72 Å². The minimum atomic E-state index is -3.91. The summed E-state index contributed by atoms with van der Waals surface area (Å²) in [6.07, 6.45) is 0. The number of likely N-dealkylation sites (N-methyl/N-ethyl adjacent to an activating group) is 1. The summed E-state index contributed by atoms with van der Waals surface area (Å²) in [4.78, 5) is 1.45. The summed E-state index contributed by atoms with van der Waals surface area (Å²) in [5, 5.41) is 0. The fourth-order valence-electron chi connectivity index (χ4n) is 1.23. The van der Waals surface area contributed by atoms with Crippen molar-refractivity contribution in [3.05, 3.63) is 24.0 Å². The van der Waals surface area contributed by atoms with Gasteiger partial charge in [0.15, 0.2) is 0 Å². The van der Waals surface area contributed by atoms with E-state index in [9.17, 15) is 12.8 Å². The first-order valence-corrected chi connectivity index (χ1v) is 7.27. The largest absolute Gasteiger partial charge is 0.399 e. The molecule has 0 radical (unpaired) electrons. The van der Waals surface area contributed by atoms with E-state index in [0.717, 1.165) is 12.1 Å². The first kappa shape index (κ1) is 15.9. The Hall–Kier alpha value is -1.18. The zero-order valence-electron chi connectivity index (χ0n) is 11.6. The average molecular weight is 289 g/mol. The van der Waals surface area contributed by atoms with Gasteiger partial charge < -0.3 is 10.6 Å². The molecule has 19 heavy (non-hydrogen) atoms. The summed E-state index contributed by atoms with van der Waals surface area (Å²) in [5.41, 5.74) is 5.30. The summed E-state index contributed by atoms with van der Waals surface area (Å²) in [6.45, 7) is 3.92. The zero-order valence-corrected chi connectivity index (χ0v) is 12.4. The van der Waals surface area contributed by atoms with E-state index in [4.69, 9.17) is 5.73 Å². The average Bonchev–Trinajstić information content (AvgIpc) is 2.30. The Bertz CT molecular complexity index is 556. The van der Waals surface area contributed by atoms with Crippen LogP contribution in [-0.4, -0.2) is 39.5 Å². The van der Waals surface area contributed by atoms with Crippen molar-refractivity contribution in [3.8, 4) is 0 Å². The lowest BCUT2D eigenvalue weighted by Crippen LogP contribution is -2.48. The Kier molecular flexibility index (Phi) is 4.54. The van der Waals surface area contributed by atoms with Gasteiger partial charge in [-0.15, -0.1) is 0 Å². The van der Waals surface area contributed by atoms with Crippen LogP contribution in [0.25, 0.3) is 0 Å². The third-order valence-electron chi connectivity index (χ3n) is 3.15. The van der Waals surface area contributed by atoms with E-state index in [1.807, 2.05) is 32.8 Å². The van der Waals surface area contributed by atoms with Crippen molar-refractivity contribution in [2.24, 2.45) is 0 Å². The minimum Gasteiger partial charge on any atom is -0.399 e. The summed E-state index contributed by atoms with van der Waals surface area (Å²) >= 11 is 0. The van der Waals surface area contributed by atoms with Crippen molar-refractivity contribution < 1.29 is 12.8 Å². The molecule has 0 fully saturated rings. The molecule has 0 aliphatic carbocycles. The number of anilines is 1. The normalized spacial score (nSPS) is 12.9. The van der Waals surface area contributed by atoms with Gasteiger partial charge in [0.2, 0.25) is 10.0 Å². The molecule has 0 spiro atoms. The SMILES string of the molecule is CN(C)C(C)(C)CNS(=O)(=O)c1cc(N)ccc1F.